The van der Waals surface area contributed by atoms with Crippen molar-refractivity contribution in [3.05, 3.63) is 12.7 Å². The van der Waals surface area contributed by atoms with Gasteiger partial charge in [-0.1, -0.05) is 0 Å². The van der Waals surface area contributed by atoms with E-state index in [1.54, 1.807) is 6.92 Å². The predicted molar refractivity (Wildman–Crippen MR) is 70.2 cm³/mol. The van der Waals surface area contributed by atoms with Crippen LogP contribution in [0.25, 0.3) is 11.2 Å². The van der Waals surface area contributed by atoms with Gasteiger partial charge in [-0.2, -0.15) is 0 Å². The zero-order valence-corrected chi connectivity index (χ0v) is 11.2. The Morgan fingerprint density at radius 2 is 2.19 bits per heavy atom. The molecule has 0 spiro atoms. The SMILES string of the molecule is CCONc1ncnc2c1ncn2CC(O)C(O)C(=O)O. The van der Waals surface area contributed by atoms with Gasteiger partial charge in [0.25, 0.3) is 0 Å². The molecule has 0 aliphatic rings. The zero-order chi connectivity index (χ0) is 15.4. The summed E-state index contributed by atoms with van der Waals surface area (Å²) in [6, 6.07) is 0. The Kier molecular flexibility index (Phi) is 4.62. The summed E-state index contributed by atoms with van der Waals surface area (Å²) >= 11 is 0. The van der Waals surface area contributed by atoms with E-state index in [1.807, 2.05) is 0 Å². The molecule has 0 fully saturated rings. The van der Waals surface area contributed by atoms with Gasteiger partial charge in [-0.3, -0.25) is 4.84 Å². The molecule has 0 aliphatic carbocycles. The molecule has 4 N–H and O–H groups in total. The topological polar surface area (TPSA) is 143 Å². The van der Waals surface area contributed by atoms with Crippen molar-refractivity contribution in [2.24, 2.45) is 0 Å². The highest BCUT2D eigenvalue weighted by Crippen LogP contribution is 2.17. The molecule has 10 nitrogen and oxygen atoms in total. The Hall–Kier alpha value is -2.30. The van der Waals surface area contributed by atoms with Crippen LogP contribution < -0.4 is 5.48 Å². The monoisotopic (exact) mass is 297 g/mol. The minimum absolute atomic E-state index is 0.172. The molecule has 2 unspecified atom stereocenters. The number of aliphatic carboxylic acids is 1. The maximum absolute atomic E-state index is 10.6. The average molecular weight is 297 g/mol. The minimum atomic E-state index is -1.88. The van der Waals surface area contributed by atoms with Crippen molar-refractivity contribution in [3.8, 4) is 0 Å². The van der Waals surface area contributed by atoms with E-state index in [-0.39, 0.29) is 6.54 Å². The molecule has 0 bridgehead atoms. The lowest BCUT2D eigenvalue weighted by Gasteiger charge is -2.14. The first-order valence-corrected chi connectivity index (χ1v) is 6.17. The first kappa shape index (κ1) is 15.1. The Balaban J connectivity index is 2.24. The highest BCUT2D eigenvalue weighted by Gasteiger charge is 2.24. The molecule has 0 aromatic carbocycles. The van der Waals surface area contributed by atoms with Gasteiger partial charge in [0.15, 0.2) is 23.1 Å². The van der Waals surface area contributed by atoms with Crippen LogP contribution >= 0.6 is 0 Å². The maximum Gasteiger partial charge on any atom is 0.335 e. The number of anilines is 1. The number of nitrogens with zero attached hydrogens (tertiary/aromatic N) is 4. The quantitative estimate of drug-likeness (QED) is 0.473. The molecule has 10 heteroatoms. The van der Waals surface area contributed by atoms with Crippen molar-refractivity contribution in [2.45, 2.75) is 25.7 Å². The zero-order valence-electron chi connectivity index (χ0n) is 11.2. The van der Waals surface area contributed by atoms with E-state index < -0.39 is 18.2 Å². The number of carboxylic acid groups (broad SMARTS) is 1. The normalized spacial score (nSPS) is 14.0. The molecule has 0 saturated carbocycles. The van der Waals surface area contributed by atoms with Crippen molar-refractivity contribution in [3.63, 3.8) is 0 Å². The van der Waals surface area contributed by atoms with E-state index in [9.17, 15) is 15.0 Å². The average Bonchev–Trinajstić information content (AvgIpc) is 2.87. The minimum Gasteiger partial charge on any atom is -0.479 e. The Bertz CT molecular complexity index is 630. The number of aromatic nitrogens is 4. The fraction of sp³-hybridized carbons (Fsp3) is 0.455. The van der Waals surface area contributed by atoms with Crippen LogP contribution in [0.1, 0.15) is 6.92 Å². The van der Waals surface area contributed by atoms with Gasteiger partial charge in [-0.25, -0.2) is 25.2 Å². The molecule has 0 saturated heterocycles. The van der Waals surface area contributed by atoms with Crippen LogP contribution in [0.15, 0.2) is 12.7 Å². The summed E-state index contributed by atoms with van der Waals surface area (Å²) in [7, 11) is 0. The lowest BCUT2D eigenvalue weighted by atomic mass is 10.2. The summed E-state index contributed by atoms with van der Waals surface area (Å²) in [5.74, 6) is -1.14. The number of nitrogens with one attached hydrogen (secondary N) is 1. The lowest BCUT2D eigenvalue weighted by Crippen LogP contribution is -2.36. The number of carbonyl (C=O) groups is 1. The van der Waals surface area contributed by atoms with Gasteiger partial charge in [-0.15, -0.1) is 0 Å². The van der Waals surface area contributed by atoms with E-state index in [1.165, 1.54) is 17.2 Å². The summed E-state index contributed by atoms with van der Waals surface area (Å²) < 4.78 is 1.42. The number of rotatable bonds is 7. The smallest absolute Gasteiger partial charge is 0.335 e. The first-order valence-electron chi connectivity index (χ1n) is 6.17. The van der Waals surface area contributed by atoms with E-state index in [0.29, 0.717) is 23.6 Å². The molecule has 21 heavy (non-hydrogen) atoms. The fourth-order valence-corrected chi connectivity index (χ4v) is 1.70. The number of aliphatic hydroxyl groups excluding tert-OH is 2. The number of hydrogen-bond donors (Lipinski definition) is 4. The molecule has 114 valence electrons. The van der Waals surface area contributed by atoms with Gasteiger partial charge in [0.1, 0.15) is 12.4 Å². The van der Waals surface area contributed by atoms with Crippen molar-refractivity contribution < 1.29 is 25.0 Å². The van der Waals surface area contributed by atoms with Crippen molar-refractivity contribution in [1.82, 2.24) is 19.5 Å². The Morgan fingerprint density at radius 1 is 1.43 bits per heavy atom. The van der Waals surface area contributed by atoms with Crippen molar-refractivity contribution in [2.75, 3.05) is 12.1 Å². The van der Waals surface area contributed by atoms with Crippen molar-refractivity contribution >= 4 is 23.0 Å². The second kappa shape index (κ2) is 6.43. The molecule has 2 aromatic rings. The third kappa shape index (κ3) is 3.24. The van der Waals surface area contributed by atoms with Gasteiger partial charge >= 0.3 is 5.97 Å². The van der Waals surface area contributed by atoms with Gasteiger partial charge < -0.3 is 19.9 Å². The molecule has 0 aliphatic heterocycles. The Labute approximate surface area is 119 Å². The number of carboxylic acids is 1. The van der Waals surface area contributed by atoms with E-state index in [0.717, 1.165) is 0 Å². The highest BCUT2D eigenvalue weighted by atomic mass is 16.6. The number of aliphatic hydroxyl groups is 2. The van der Waals surface area contributed by atoms with Crippen LogP contribution in [0.3, 0.4) is 0 Å². The van der Waals surface area contributed by atoms with Crippen LogP contribution in [-0.4, -0.2) is 59.6 Å². The maximum atomic E-state index is 10.6. The first-order chi connectivity index (χ1) is 10.0. The third-order valence-corrected chi connectivity index (χ3v) is 2.72. The molecule has 2 rings (SSSR count). The summed E-state index contributed by atoms with van der Waals surface area (Å²) in [5, 5.41) is 27.6. The third-order valence-electron chi connectivity index (χ3n) is 2.72. The second-order valence-electron chi connectivity index (χ2n) is 4.18. The van der Waals surface area contributed by atoms with Gasteiger partial charge in [0.05, 0.1) is 19.5 Å². The van der Waals surface area contributed by atoms with Crippen LogP contribution in [0, 0.1) is 0 Å². The molecule has 0 amide bonds. The van der Waals surface area contributed by atoms with Gasteiger partial charge in [0.2, 0.25) is 0 Å². The van der Waals surface area contributed by atoms with E-state index >= 15 is 0 Å². The van der Waals surface area contributed by atoms with Crippen LogP contribution in [-0.2, 0) is 16.2 Å². The molecular weight excluding hydrogens is 282 g/mol. The van der Waals surface area contributed by atoms with E-state index in [4.69, 9.17) is 9.94 Å². The lowest BCUT2D eigenvalue weighted by molar-refractivity contribution is -0.153. The second-order valence-corrected chi connectivity index (χ2v) is 4.18. The molecule has 0 radical (unpaired) electrons. The number of fused-ring (bicyclic) bond motifs is 1. The largest absolute Gasteiger partial charge is 0.479 e. The molecule has 2 atom stereocenters. The molecule has 2 heterocycles. The van der Waals surface area contributed by atoms with Gasteiger partial charge in [0, 0.05) is 0 Å². The summed E-state index contributed by atoms with van der Waals surface area (Å²) in [6.07, 6.45) is -0.723. The highest BCUT2D eigenvalue weighted by molar-refractivity contribution is 5.82. The van der Waals surface area contributed by atoms with Crippen molar-refractivity contribution in [1.29, 1.82) is 0 Å². The summed E-state index contributed by atoms with van der Waals surface area (Å²) in [4.78, 5) is 27.7. The van der Waals surface area contributed by atoms with Crippen LogP contribution in [0.2, 0.25) is 0 Å². The van der Waals surface area contributed by atoms with Gasteiger partial charge in [-0.05, 0) is 6.92 Å². The van der Waals surface area contributed by atoms with Crippen LogP contribution in [0.4, 0.5) is 5.82 Å². The standard InChI is InChI=1S/C11H15N5O5/c1-2-21-15-9-7-10(13-4-12-9)16(5-14-7)3-6(17)8(18)11(19)20/h4-6,8,17-18H,2-3H2,1H3,(H,19,20)(H,12,13,15). The Morgan fingerprint density at radius 3 is 2.86 bits per heavy atom. The molecular formula is C11H15N5O5. The predicted octanol–water partition coefficient (Wildman–Crippen LogP) is -1.00. The fourth-order valence-electron chi connectivity index (χ4n) is 1.70. The van der Waals surface area contributed by atoms with Crippen LogP contribution in [0.5, 0.6) is 0 Å². The number of imidazole rings is 1. The molecule has 2 aromatic heterocycles. The number of hydrogen-bond acceptors (Lipinski definition) is 8. The van der Waals surface area contributed by atoms with E-state index in [2.05, 4.69) is 20.4 Å². The summed E-state index contributed by atoms with van der Waals surface area (Å²) in [5.41, 5.74) is 3.40. The summed E-state index contributed by atoms with van der Waals surface area (Å²) in [6.45, 7) is 2.05.